The van der Waals surface area contributed by atoms with Crippen LogP contribution in [0.1, 0.15) is 24.0 Å². The second kappa shape index (κ2) is 7.07. The van der Waals surface area contributed by atoms with E-state index in [2.05, 4.69) is 5.32 Å². The molecule has 1 fully saturated rings. The van der Waals surface area contributed by atoms with Crippen molar-refractivity contribution < 1.29 is 9.53 Å². The van der Waals surface area contributed by atoms with E-state index in [1.165, 1.54) is 0 Å². The van der Waals surface area contributed by atoms with Gasteiger partial charge >= 0.3 is 0 Å². The molecule has 112 valence electrons. The second-order valence-electron chi connectivity index (χ2n) is 5.37. The van der Waals surface area contributed by atoms with Crippen LogP contribution in [-0.2, 0) is 9.53 Å². The predicted molar refractivity (Wildman–Crippen MR) is 83.3 cm³/mol. The molecule has 0 atom stereocenters. The number of aryl methyl sites for hydroxylation is 2. The van der Waals surface area contributed by atoms with E-state index in [1.807, 2.05) is 32.0 Å². The van der Waals surface area contributed by atoms with Gasteiger partial charge in [-0.25, -0.2) is 0 Å². The number of hydrogen-bond donors (Lipinski definition) is 2. The fourth-order valence-corrected chi connectivity index (χ4v) is 2.41. The van der Waals surface area contributed by atoms with E-state index in [0.717, 1.165) is 16.8 Å². The lowest BCUT2D eigenvalue weighted by atomic mass is 9.79. The van der Waals surface area contributed by atoms with Gasteiger partial charge in [-0.15, -0.1) is 12.4 Å². The molecular weight excluding hydrogens is 276 g/mol. The van der Waals surface area contributed by atoms with Crippen molar-refractivity contribution in [1.29, 1.82) is 0 Å². The summed E-state index contributed by atoms with van der Waals surface area (Å²) in [5.41, 5.74) is 8.45. The van der Waals surface area contributed by atoms with E-state index < -0.39 is 5.41 Å². The molecule has 5 heteroatoms. The van der Waals surface area contributed by atoms with Crippen molar-refractivity contribution in [2.75, 3.05) is 25.1 Å². The van der Waals surface area contributed by atoms with Crippen LogP contribution in [-0.4, -0.2) is 25.7 Å². The van der Waals surface area contributed by atoms with Gasteiger partial charge in [-0.3, -0.25) is 4.79 Å². The molecule has 1 aromatic carbocycles. The zero-order valence-electron chi connectivity index (χ0n) is 12.1. The highest BCUT2D eigenvalue weighted by atomic mass is 35.5. The molecule has 0 unspecified atom stereocenters. The van der Waals surface area contributed by atoms with Crippen LogP contribution in [0.4, 0.5) is 5.69 Å². The molecule has 0 aromatic heterocycles. The quantitative estimate of drug-likeness (QED) is 0.901. The Bertz CT molecular complexity index is 471. The number of anilines is 1. The SMILES string of the molecule is Cc1ccc(C)c(NC(=O)C2(CN)CCOCC2)c1.Cl. The Morgan fingerprint density at radius 2 is 2.00 bits per heavy atom. The van der Waals surface area contributed by atoms with E-state index in [4.69, 9.17) is 10.5 Å². The number of halogens is 1. The molecule has 0 saturated carbocycles. The number of hydrogen-bond acceptors (Lipinski definition) is 3. The number of carbonyl (C=O) groups is 1. The Morgan fingerprint density at radius 3 is 2.60 bits per heavy atom. The van der Waals surface area contributed by atoms with Crippen molar-refractivity contribution in [3.8, 4) is 0 Å². The van der Waals surface area contributed by atoms with Gasteiger partial charge < -0.3 is 15.8 Å². The summed E-state index contributed by atoms with van der Waals surface area (Å²) in [4.78, 5) is 12.5. The van der Waals surface area contributed by atoms with Gasteiger partial charge in [0.1, 0.15) is 0 Å². The van der Waals surface area contributed by atoms with Crippen LogP contribution in [0.25, 0.3) is 0 Å². The van der Waals surface area contributed by atoms with Gasteiger partial charge in [0.25, 0.3) is 0 Å². The maximum Gasteiger partial charge on any atom is 0.232 e. The van der Waals surface area contributed by atoms with Crippen molar-refractivity contribution in [2.45, 2.75) is 26.7 Å². The summed E-state index contributed by atoms with van der Waals surface area (Å²) in [5, 5.41) is 3.04. The molecular formula is C15H23ClN2O2. The number of carbonyl (C=O) groups excluding carboxylic acids is 1. The van der Waals surface area contributed by atoms with E-state index in [9.17, 15) is 4.79 Å². The summed E-state index contributed by atoms with van der Waals surface area (Å²) >= 11 is 0. The zero-order valence-corrected chi connectivity index (χ0v) is 12.9. The van der Waals surface area contributed by atoms with Gasteiger partial charge in [-0.1, -0.05) is 12.1 Å². The molecule has 1 saturated heterocycles. The minimum absolute atomic E-state index is 0. The average molecular weight is 299 g/mol. The van der Waals surface area contributed by atoms with Crippen molar-refractivity contribution >= 4 is 24.0 Å². The molecule has 0 aliphatic carbocycles. The first kappa shape index (κ1) is 17.0. The van der Waals surface area contributed by atoms with Crippen LogP contribution < -0.4 is 11.1 Å². The van der Waals surface area contributed by atoms with Crippen LogP contribution in [0, 0.1) is 19.3 Å². The molecule has 1 amide bonds. The fourth-order valence-electron chi connectivity index (χ4n) is 2.41. The number of nitrogens with two attached hydrogens (primary N) is 1. The zero-order chi connectivity index (χ0) is 13.9. The van der Waals surface area contributed by atoms with E-state index in [0.29, 0.717) is 32.6 Å². The number of nitrogens with one attached hydrogen (secondary N) is 1. The molecule has 20 heavy (non-hydrogen) atoms. The maximum absolute atomic E-state index is 12.5. The summed E-state index contributed by atoms with van der Waals surface area (Å²) in [5.74, 6) is 0.0204. The van der Waals surface area contributed by atoms with E-state index in [-0.39, 0.29) is 18.3 Å². The molecule has 1 heterocycles. The molecule has 1 aliphatic rings. The number of amides is 1. The van der Waals surface area contributed by atoms with Crippen LogP contribution in [0.2, 0.25) is 0 Å². The maximum atomic E-state index is 12.5. The fraction of sp³-hybridized carbons (Fsp3) is 0.533. The summed E-state index contributed by atoms with van der Waals surface area (Å²) in [6.45, 7) is 5.60. The normalized spacial score (nSPS) is 17.1. The Kier molecular flexibility index (Phi) is 5.99. The third kappa shape index (κ3) is 3.51. The Balaban J connectivity index is 0.00000200. The Morgan fingerprint density at radius 1 is 1.35 bits per heavy atom. The van der Waals surface area contributed by atoms with Gasteiger partial charge in [0.15, 0.2) is 0 Å². The van der Waals surface area contributed by atoms with Crippen LogP contribution in [0.15, 0.2) is 18.2 Å². The first-order valence-corrected chi connectivity index (χ1v) is 6.74. The lowest BCUT2D eigenvalue weighted by Gasteiger charge is -2.34. The molecule has 1 aromatic rings. The molecule has 2 rings (SSSR count). The highest BCUT2D eigenvalue weighted by Gasteiger charge is 2.38. The van der Waals surface area contributed by atoms with Gasteiger partial charge in [0.05, 0.1) is 5.41 Å². The van der Waals surface area contributed by atoms with Crippen molar-refractivity contribution in [3.63, 3.8) is 0 Å². The molecule has 0 spiro atoms. The Hall–Kier alpha value is -1.10. The third-order valence-electron chi connectivity index (χ3n) is 3.96. The summed E-state index contributed by atoms with van der Waals surface area (Å²) < 4.78 is 5.33. The number of rotatable bonds is 3. The van der Waals surface area contributed by atoms with E-state index in [1.54, 1.807) is 0 Å². The van der Waals surface area contributed by atoms with Crippen LogP contribution >= 0.6 is 12.4 Å². The first-order chi connectivity index (χ1) is 9.07. The lowest BCUT2D eigenvalue weighted by molar-refractivity contribution is -0.130. The molecule has 4 nitrogen and oxygen atoms in total. The minimum Gasteiger partial charge on any atom is -0.381 e. The van der Waals surface area contributed by atoms with Gasteiger partial charge in [0.2, 0.25) is 5.91 Å². The molecule has 1 aliphatic heterocycles. The Labute approximate surface area is 126 Å². The highest BCUT2D eigenvalue weighted by molar-refractivity contribution is 5.96. The van der Waals surface area contributed by atoms with Crippen LogP contribution in [0.5, 0.6) is 0 Å². The smallest absolute Gasteiger partial charge is 0.232 e. The lowest BCUT2D eigenvalue weighted by Crippen LogP contribution is -2.46. The standard InChI is InChI=1S/C15H22N2O2.ClH/c1-11-3-4-12(2)13(9-11)17-14(18)15(10-16)5-7-19-8-6-15;/h3-4,9H,5-8,10,16H2,1-2H3,(H,17,18);1H. The molecule has 3 N–H and O–H groups in total. The van der Waals surface area contributed by atoms with Gasteiger partial charge in [-0.2, -0.15) is 0 Å². The minimum atomic E-state index is -0.478. The largest absolute Gasteiger partial charge is 0.381 e. The predicted octanol–water partition coefficient (Wildman–Crippen LogP) is 2.42. The summed E-state index contributed by atoms with van der Waals surface area (Å²) in [6.07, 6.45) is 1.39. The van der Waals surface area contributed by atoms with Crippen molar-refractivity contribution in [1.82, 2.24) is 0 Å². The van der Waals surface area contributed by atoms with E-state index >= 15 is 0 Å². The summed E-state index contributed by atoms with van der Waals surface area (Å²) in [7, 11) is 0. The summed E-state index contributed by atoms with van der Waals surface area (Å²) in [6, 6.07) is 6.05. The monoisotopic (exact) mass is 298 g/mol. The third-order valence-corrected chi connectivity index (χ3v) is 3.96. The van der Waals surface area contributed by atoms with Gasteiger partial charge in [-0.05, 0) is 43.9 Å². The molecule has 0 radical (unpaired) electrons. The van der Waals surface area contributed by atoms with Crippen molar-refractivity contribution in [2.24, 2.45) is 11.1 Å². The molecule has 0 bridgehead atoms. The highest BCUT2D eigenvalue weighted by Crippen LogP contribution is 2.31. The van der Waals surface area contributed by atoms with Crippen molar-refractivity contribution in [3.05, 3.63) is 29.3 Å². The number of benzene rings is 1. The van der Waals surface area contributed by atoms with Crippen LogP contribution in [0.3, 0.4) is 0 Å². The topological polar surface area (TPSA) is 64.4 Å². The second-order valence-corrected chi connectivity index (χ2v) is 5.37. The van der Waals surface area contributed by atoms with Gasteiger partial charge in [0, 0.05) is 25.4 Å². The number of ether oxygens (including phenoxy) is 1. The first-order valence-electron chi connectivity index (χ1n) is 6.74. The average Bonchev–Trinajstić information content (AvgIpc) is 2.43.